The molecule has 3 aromatic rings. The summed E-state index contributed by atoms with van der Waals surface area (Å²) in [6.45, 7) is 0. The maximum absolute atomic E-state index is 5.91. The third kappa shape index (κ3) is 1.66. The lowest BCUT2D eigenvalue weighted by atomic mass is 9.52. The van der Waals surface area contributed by atoms with Gasteiger partial charge < -0.3 is 9.47 Å². The molecule has 0 heterocycles. The van der Waals surface area contributed by atoms with E-state index in [9.17, 15) is 0 Å². The van der Waals surface area contributed by atoms with Crippen LogP contribution >= 0.6 is 0 Å². The lowest BCUT2D eigenvalue weighted by Gasteiger charge is -2.52. The SMILES string of the molecule is COC(OC)C12c3ccccc3C(c3ccccc31)c1ccccc12. The molecule has 3 aromatic carbocycles. The lowest BCUT2D eigenvalue weighted by Crippen LogP contribution is -2.51. The van der Waals surface area contributed by atoms with Gasteiger partial charge in [0.2, 0.25) is 0 Å². The minimum Gasteiger partial charge on any atom is -0.354 e. The van der Waals surface area contributed by atoms with Crippen LogP contribution in [-0.2, 0) is 14.9 Å². The van der Waals surface area contributed by atoms with Crippen LogP contribution in [0.4, 0.5) is 0 Å². The molecule has 0 atom stereocenters. The van der Waals surface area contributed by atoms with E-state index in [1.807, 2.05) is 0 Å². The minimum atomic E-state index is -0.442. The molecule has 0 spiro atoms. The molecule has 0 N–H and O–H groups in total. The molecular formula is C23H20O2. The smallest absolute Gasteiger partial charge is 0.174 e. The van der Waals surface area contributed by atoms with Gasteiger partial charge in [-0.05, 0) is 33.4 Å². The third-order valence-electron chi connectivity index (χ3n) is 5.87. The molecule has 0 radical (unpaired) electrons. The Morgan fingerprint density at radius 2 is 1.00 bits per heavy atom. The van der Waals surface area contributed by atoms with E-state index in [1.165, 1.54) is 33.4 Å². The molecule has 0 unspecified atom stereocenters. The largest absolute Gasteiger partial charge is 0.354 e. The van der Waals surface area contributed by atoms with Crippen molar-refractivity contribution in [3.05, 3.63) is 106 Å². The van der Waals surface area contributed by atoms with E-state index in [4.69, 9.17) is 9.47 Å². The Labute approximate surface area is 148 Å². The Kier molecular flexibility index (Phi) is 3.15. The molecule has 0 saturated carbocycles. The van der Waals surface area contributed by atoms with Crippen molar-refractivity contribution in [2.24, 2.45) is 0 Å². The van der Waals surface area contributed by atoms with Crippen LogP contribution in [0, 0.1) is 0 Å². The van der Waals surface area contributed by atoms with Crippen LogP contribution < -0.4 is 0 Å². The Morgan fingerprint density at radius 1 is 0.640 bits per heavy atom. The molecule has 2 heteroatoms. The summed E-state index contributed by atoms with van der Waals surface area (Å²) in [6.07, 6.45) is -0.391. The van der Waals surface area contributed by atoms with Crippen molar-refractivity contribution in [2.75, 3.05) is 14.2 Å². The Hall–Kier alpha value is -2.42. The first-order valence-electron chi connectivity index (χ1n) is 8.67. The summed E-state index contributed by atoms with van der Waals surface area (Å²) in [7, 11) is 3.47. The van der Waals surface area contributed by atoms with Gasteiger partial charge in [-0.2, -0.15) is 0 Å². The summed E-state index contributed by atoms with van der Waals surface area (Å²) >= 11 is 0. The molecule has 0 aromatic heterocycles. The normalized spacial score (nSPS) is 22.4. The van der Waals surface area contributed by atoms with Crippen LogP contribution in [-0.4, -0.2) is 20.5 Å². The number of methoxy groups -OCH3 is 2. The molecule has 0 amide bonds. The van der Waals surface area contributed by atoms with Gasteiger partial charge in [-0.1, -0.05) is 72.8 Å². The van der Waals surface area contributed by atoms with Crippen molar-refractivity contribution in [3.63, 3.8) is 0 Å². The summed E-state index contributed by atoms with van der Waals surface area (Å²) in [4.78, 5) is 0. The second-order valence-corrected chi connectivity index (χ2v) is 6.81. The zero-order valence-corrected chi connectivity index (χ0v) is 14.4. The van der Waals surface area contributed by atoms with Crippen LogP contribution in [0.25, 0.3) is 0 Å². The van der Waals surface area contributed by atoms with Crippen molar-refractivity contribution < 1.29 is 9.47 Å². The van der Waals surface area contributed by atoms with Gasteiger partial charge in [0.25, 0.3) is 0 Å². The van der Waals surface area contributed by atoms with Gasteiger partial charge in [-0.25, -0.2) is 0 Å². The molecule has 0 fully saturated rings. The summed E-state index contributed by atoms with van der Waals surface area (Å²) in [5, 5.41) is 0. The van der Waals surface area contributed by atoms with E-state index >= 15 is 0 Å². The monoisotopic (exact) mass is 328 g/mol. The number of hydrogen-bond acceptors (Lipinski definition) is 2. The highest BCUT2D eigenvalue weighted by atomic mass is 16.7. The fourth-order valence-electron chi connectivity index (χ4n) is 5.09. The lowest BCUT2D eigenvalue weighted by molar-refractivity contribution is -0.132. The second kappa shape index (κ2) is 5.29. The predicted molar refractivity (Wildman–Crippen MR) is 98.0 cm³/mol. The number of benzene rings is 3. The fraction of sp³-hybridized carbons (Fsp3) is 0.217. The van der Waals surface area contributed by atoms with Gasteiger partial charge in [0, 0.05) is 20.1 Å². The van der Waals surface area contributed by atoms with Gasteiger partial charge in [-0.15, -0.1) is 0 Å². The Bertz CT molecular complexity index is 840. The zero-order chi connectivity index (χ0) is 17.0. The molecule has 124 valence electrons. The van der Waals surface area contributed by atoms with Gasteiger partial charge in [0.05, 0.1) is 5.41 Å². The topological polar surface area (TPSA) is 18.5 Å². The van der Waals surface area contributed by atoms with Crippen LogP contribution in [0.3, 0.4) is 0 Å². The number of hydrogen-bond donors (Lipinski definition) is 0. The van der Waals surface area contributed by atoms with E-state index in [0.29, 0.717) is 0 Å². The number of rotatable bonds is 3. The zero-order valence-electron chi connectivity index (χ0n) is 14.4. The molecule has 6 rings (SSSR count). The molecule has 2 bridgehead atoms. The van der Waals surface area contributed by atoms with Crippen molar-refractivity contribution in [1.29, 1.82) is 0 Å². The quantitative estimate of drug-likeness (QED) is 0.662. The van der Waals surface area contributed by atoms with Crippen molar-refractivity contribution in [3.8, 4) is 0 Å². The molecule has 25 heavy (non-hydrogen) atoms. The predicted octanol–water partition coefficient (Wildman–Crippen LogP) is 4.45. The molecule has 0 saturated heterocycles. The highest BCUT2D eigenvalue weighted by Gasteiger charge is 2.56. The van der Waals surface area contributed by atoms with Gasteiger partial charge >= 0.3 is 0 Å². The molecule has 0 aliphatic heterocycles. The maximum atomic E-state index is 5.91. The summed E-state index contributed by atoms with van der Waals surface area (Å²) in [5.41, 5.74) is 7.53. The standard InChI is InChI=1S/C23H20O2/c1-24-22(25-2)23-18-12-6-3-9-15(18)21(16-10-4-7-13-19(16)23)17-11-5-8-14-20(17)23/h3-14,21-22H,1-2H3. The molecule has 2 nitrogen and oxygen atoms in total. The molecule has 3 aliphatic rings. The van der Waals surface area contributed by atoms with E-state index in [0.717, 1.165) is 0 Å². The van der Waals surface area contributed by atoms with Gasteiger partial charge in [0.15, 0.2) is 6.29 Å². The summed E-state index contributed by atoms with van der Waals surface area (Å²) < 4.78 is 11.8. The third-order valence-corrected chi connectivity index (χ3v) is 5.87. The average molecular weight is 328 g/mol. The average Bonchev–Trinajstić information content (AvgIpc) is 2.69. The molecule has 3 aliphatic carbocycles. The maximum Gasteiger partial charge on any atom is 0.174 e. The van der Waals surface area contributed by atoms with Crippen molar-refractivity contribution in [1.82, 2.24) is 0 Å². The van der Waals surface area contributed by atoms with Crippen LogP contribution in [0.1, 0.15) is 39.3 Å². The van der Waals surface area contributed by atoms with E-state index in [-0.39, 0.29) is 5.92 Å². The first-order valence-corrected chi connectivity index (χ1v) is 8.67. The van der Waals surface area contributed by atoms with Crippen molar-refractivity contribution in [2.45, 2.75) is 17.6 Å². The van der Waals surface area contributed by atoms with E-state index in [1.54, 1.807) is 14.2 Å². The Balaban J connectivity index is 1.99. The minimum absolute atomic E-state index is 0.278. The molecular weight excluding hydrogens is 308 g/mol. The van der Waals surface area contributed by atoms with Crippen LogP contribution in [0.2, 0.25) is 0 Å². The van der Waals surface area contributed by atoms with Gasteiger partial charge in [-0.3, -0.25) is 0 Å². The highest BCUT2D eigenvalue weighted by Crippen LogP contribution is 2.60. The van der Waals surface area contributed by atoms with Gasteiger partial charge in [0.1, 0.15) is 0 Å². The van der Waals surface area contributed by atoms with E-state index in [2.05, 4.69) is 72.8 Å². The van der Waals surface area contributed by atoms with Crippen LogP contribution in [0.15, 0.2) is 72.8 Å². The first kappa shape index (κ1) is 14.9. The highest BCUT2D eigenvalue weighted by molar-refractivity contribution is 5.72. The van der Waals surface area contributed by atoms with Crippen molar-refractivity contribution >= 4 is 0 Å². The first-order chi connectivity index (χ1) is 12.3. The summed E-state index contributed by atoms with van der Waals surface area (Å²) in [6, 6.07) is 26.2. The fourth-order valence-corrected chi connectivity index (χ4v) is 5.09. The van der Waals surface area contributed by atoms with E-state index < -0.39 is 11.7 Å². The van der Waals surface area contributed by atoms with Crippen LogP contribution in [0.5, 0.6) is 0 Å². The summed E-state index contributed by atoms with van der Waals surface area (Å²) in [5.74, 6) is 0.278. The Morgan fingerprint density at radius 3 is 1.36 bits per heavy atom. The number of ether oxygens (including phenoxy) is 2. The second-order valence-electron chi connectivity index (χ2n) is 6.81.